The highest BCUT2D eigenvalue weighted by Gasteiger charge is 2.29. The molecule has 31 heavy (non-hydrogen) atoms. The summed E-state index contributed by atoms with van der Waals surface area (Å²) in [5.74, 6) is 2.24. The summed E-state index contributed by atoms with van der Waals surface area (Å²) in [7, 11) is -0.959. The summed E-state index contributed by atoms with van der Waals surface area (Å²) >= 11 is 6.10. The topological polar surface area (TPSA) is 115 Å². The molecule has 11 heteroatoms. The number of halogens is 1. The first-order valence-corrected chi connectivity index (χ1v) is 11.9. The van der Waals surface area contributed by atoms with Gasteiger partial charge in [0, 0.05) is 40.8 Å². The van der Waals surface area contributed by atoms with E-state index in [2.05, 4.69) is 27.1 Å². The number of aromatic nitrogens is 3. The second kappa shape index (κ2) is 9.64. The van der Waals surface area contributed by atoms with E-state index in [1.54, 1.807) is 12.1 Å². The van der Waals surface area contributed by atoms with E-state index >= 15 is 0 Å². The van der Waals surface area contributed by atoms with Crippen LogP contribution >= 0.6 is 11.6 Å². The Kier molecular flexibility index (Phi) is 6.90. The van der Waals surface area contributed by atoms with Crippen LogP contribution in [0, 0.1) is 0 Å². The number of nitrogens with two attached hydrogens (primary N) is 1. The fraction of sp³-hybridized carbons (Fsp3) is 0.550. The Labute approximate surface area is 189 Å². The van der Waals surface area contributed by atoms with Gasteiger partial charge in [0.2, 0.25) is 0 Å². The van der Waals surface area contributed by atoms with Crippen LogP contribution in [0.3, 0.4) is 0 Å². The van der Waals surface area contributed by atoms with Crippen molar-refractivity contribution in [1.82, 2.24) is 15.0 Å². The fourth-order valence-corrected chi connectivity index (χ4v) is 5.10. The van der Waals surface area contributed by atoms with Crippen molar-refractivity contribution in [3.63, 3.8) is 0 Å². The lowest BCUT2D eigenvalue weighted by Gasteiger charge is -2.34. The molecular formula is C20H27ClN6O3S. The van der Waals surface area contributed by atoms with Crippen LogP contribution in [0.4, 0.5) is 17.5 Å². The Morgan fingerprint density at radius 1 is 1.26 bits per heavy atom. The predicted octanol–water partition coefficient (Wildman–Crippen LogP) is 1.95. The summed E-state index contributed by atoms with van der Waals surface area (Å²) in [6.07, 6.45) is 0. The summed E-state index contributed by atoms with van der Waals surface area (Å²) in [4.78, 5) is 15.7. The maximum Gasteiger partial charge on any atom is 0.164 e. The van der Waals surface area contributed by atoms with Gasteiger partial charge in [0.25, 0.3) is 0 Å². The van der Waals surface area contributed by atoms with Gasteiger partial charge >= 0.3 is 0 Å². The molecule has 4 heterocycles. The molecule has 1 unspecified atom stereocenters. The van der Waals surface area contributed by atoms with Crippen LogP contribution in [0.2, 0.25) is 5.15 Å². The van der Waals surface area contributed by atoms with Crippen LogP contribution in [0.1, 0.15) is 13.8 Å². The Hall–Kier alpha value is -2.01. The van der Waals surface area contributed by atoms with Crippen molar-refractivity contribution < 1.29 is 13.7 Å². The quantitative estimate of drug-likeness (QED) is 0.590. The summed E-state index contributed by atoms with van der Waals surface area (Å²) < 4.78 is 23.3. The van der Waals surface area contributed by atoms with E-state index in [9.17, 15) is 4.21 Å². The zero-order chi connectivity index (χ0) is 22.0. The third-order valence-corrected chi connectivity index (χ3v) is 7.43. The Balaban J connectivity index is 1.61. The van der Waals surface area contributed by atoms with Gasteiger partial charge in [-0.2, -0.15) is 0 Å². The average molecular weight is 467 g/mol. The van der Waals surface area contributed by atoms with Gasteiger partial charge in [-0.3, -0.25) is 4.21 Å². The van der Waals surface area contributed by atoms with Crippen LogP contribution < -0.4 is 16.0 Å². The van der Waals surface area contributed by atoms with Crippen LogP contribution in [0.5, 0.6) is 0 Å². The minimum atomic E-state index is -0.959. The van der Waals surface area contributed by atoms with E-state index in [1.807, 2.05) is 13.0 Å². The average Bonchev–Trinajstić information content (AvgIpc) is 2.70. The smallest absolute Gasteiger partial charge is 0.164 e. The Bertz CT molecular complexity index is 940. The van der Waals surface area contributed by atoms with Gasteiger partial charge in [0.05, 0.1) is 37.7 Å². The molecule has 0 aliphatic carbocycles. The summed E-state index contributed by atoms with van der Waals surface area (Å²) in [5, 5.41) is 3.70. The second-order valence-electron chi connectivity index (χ2n) is 7.84. The van der Waals surface area contributed by atoms with Crippen LogP contribution in [-0.4, -0.2) is 75.2 Å². The van der Waals surface area contributed by atoms with Gasteiger partial charge in [-0.05, 0) is 26.0 Å². The number of nitrogens with zero attached hydrogens (tertiary/aromatic N) is 4. The van der Waals surface area contributed by atoms with Crippen LogP contribution in [-0.2, 0) is 20.3 Å². The number of pyridine rings is 1. The molecule has 2 aromatic heterocycles. The maximum absolute atomic E-state index is 12.6. The molecule has 168 valence electrons. The zero-order valence-electron chi connectivity index (χ0n) is 17.6. The molecule has 2 fully saturated rings. The molecular weight excluding hydrogens is 440 g/mol. The van der Waals surface area contributed by atoms with Crippen molar-refractivity contribution in [1.29, 1.82) is 0 Å². The van der Waals surface area contributed by atoms with Crippen molar-refractivity contribution in [3.05, 3.63) is 23.4 Å². The molecule has 2 aliphatic rings. The summed E-state index contributed by atoms with van der Waals surface area (Å²) in [6, 6.07) is 5.49. The first kappa shape index (κ1) is 22.2. The first-order chi connectivity index (χ1) is 14.9. The summed E-state index contributed by atoms with van der Waals surface area (Å²) in [5.41, 5.74) is 6.57. The highest BCUT2D eigenvalue weighted by Crippen LogP contribution is 2.27. The number of ether oxygens (including phenoxy) is 2. The van der Waals surface area contributed by atoms with Gasteiger partial charge in [-0.15, -0.1) is 0 Å². The third kappa shape index (κ3) is 5.25. The lowest BCUT2D eigenvalue weighted by atomic mass is 10.2. The van der Waals surface area contributed by atoms with Gasteiger partial charge in [0.1, 0.15) is 22.6 Å². The molecule has 0 radical (unpaired) electrons. The van der Waals surface area contributed by atoms with E-state index in [-0.39, 0.29) is 21.7 Å². The number of hydrogen-bond acceptors (Lipinski definition) is 9. The number of rotatable bonds is 7. The van der Waals surface area contributed by atoms with Crippen LogP contribution in [0.25, 0.3) is 11.4 Å². The van der Waals surface area contributed by atoms with E-state index in [0.29, 0.717) is 56.0 Å². The first-order valence-electron chi connectivity index (χ1n) is 10.3. The highest BCUT2D eigenvalue weighted by molar-refractivity contribution is 7.86. The number of anilines is 3. The molecule has 0 bridgehead atoms. The zero-order valence-corrected chi connectivity index (χ0v) is 19.2. The highest BCUT2D eigenvalue weighted by atomic mass is 35.5. The molecule has 9 nitrogen and oxygen atoms in total. The SMILES string of the molecule is C[C@@H]1COCCN1c1cc(NC[C@@H](C)S(=O)C2COC2)nc(-c2cc(N)nc(Cl)c2)n1. The standard InChI is InChI=1S/C20H27ClN6O3S/c1-12-9-29-4-3-27(12)19-7-18(23-8-13(2)31(28)15-10-30-11-15)25-20(26-19)14-5-16(21)24-17(22)6-14/h5-7,12-13,15H,3-4,8-11H2,1-2H3,(H2,22,24)(H,23,25,26)/t12-,13-,31?/m1/s1. The molecule has 0 saturated carbocycles. The van der Waals surface area contributed by atoms with Gasteiger partial charge in [0.15, 0.2) is 5.82 Å². The number of nitrogen functional groups attached to an aromatic ring is 1. The van der Waals surface area contributed by atoms with E-state index < -0.39 is 10.8 Å². The fourth-order valence-electron chi connectivity index (χ4n) is 3.52. The third-order valence-electron chi connectivity index (χ3n) is 5.35. The molecule has 2 aliphatic heterocycles. The molecule has 3 atom stereocenters. The molecule has 3 N–H and O–H groups in total. The molecule has 0 amide bonds. The number of nitrogens with one attached hydrogen (secondary N) is 1. The van der Waals surface area contributed by atoms with Gasteiger partial charge in [-0.25, -0.2) is 15.0 Å². The lowest BCUT2D eigenvalue weighted by molar-refractivity contribution is 0.0433. The van der Waals surface area contributed by atoms with Crippen molar-refractivity contribution >= 4 is 39.9 Å². The van der Waals surface area contributed by atoms with Crippen molar-refractivity contribution in [3.8, 4) is 11.4 Å². The van der Waals surface area contributed by atoms with E-state index in [1.165, 1.54) is 0 Å². The summed E-state index contributed by atoms with van der Waals surface area (Å²) in [6.45, 7) is 7.74. The molecule has 2 saturated heterocycles. The normalized spacial score (nSPS) is 21.4. The molecule has 2 aromatic rings. The number of hydrogen-bond donors (Lipinski definition) is 2. The molecule has 0 spiro atoms. The monoisotopic (exact) mass is 466 g/mol. The van der Waals surface area contributed by atoms with Crippen molar-refractivity contribution in [2.75, 3.05) is 55.5 Å². The Morgan fingerprint density at radius 2 is 2.06 bits per heavy atom. The van der Waals surface area contributed by atoms with Gasteiger partial charge < -0.3 is 25.4 Å². The van der Waals surface area contributed by atoms with Gasteiger partial charge in [-0.1, -0.05) is 11.6 Å². The van der Waals surface area contributed by atoms with E-state index in [4.69, 9.17) is 31.8 Å². The molecule has 0 aromatic carbocycles. The lowest BCUT2D eigenvalue weighted by Crippen LogP contribution is -2.44. The minimum absolute atomic E-state index is 0.0379. The number of morpholine rings is 1. The Morgan fingerprint density at radius 3 is 2.74 bits per heavy atom. The van der Waals surface area contributed by atoms with Crippen molar-refractivity contribution in [2.45, 2.75) is 30.4 Å². The molecule has 4 rings (SSSR count). The van der Waals surface area contributed by atoms with E-state index in [0.717, 1.165) is 12.4 Å². The van der Waals surface area contributed by atoms with Crippen LogP contribution in [0.15, 0.2) is 18.2 Å². The maximum atomic E-state index is 12.6. The minimum Gasteiger partial charge on any atom is -0.384 e. The largest absolute Gasteiger partial charge is 0.384 e. The van der Waals surface area contributed by atoms with Crippen molar-refractivity contribution in [2.24, 2.45) is 0 Å². The second-order valence-corrected chi connectivity index (χ2v) is 10.4. The predicted molar refractivity (Wildman–Crippen MR) is 123 cm³/mol.